The summed E-state index contributed by atoms with van der Waals surface area (Å²) in [4.78, 5) is 25.5. The van der Waals surface area contributed by atoms with Crippen LogP contribution in [0.25, 0.3) is 0 Å². The van der Waals surface area contributed by atoms with E-state index < -0.39 is 0 Å². The van der Waals surface area contributed by atoms with Gasteiger partial charge in [0, 0.05) is 0 Å². The van der Waals surface area contributed by atoms with E-state index >= 15 is 0 Å². The molecular weight excluding hydrogens is 364 g/mol. The molecule has 1 saturated carbocycles. The highest BCUT2D eigenvalue weighted by Crippen LogP contribution is 2.33. The van der Waals surface area contributed by atoms with E-state index in [0.29, 0.717) is 6.61 Å². The normalized spacial score (nSPS) is 20.2. The third-order valence-electron chi connectivity index (χ3n) is 6.14. The molecule has 0 aromatic carbocycles. The van der Waals surface area contributed by atoms with E-state index in [1.807, 2.05) is 0 Å². The van der Waals surface area contributed by atoms with Gasteiger partial charge in [0.2, 0.25) is 0 Å². The van der Waals surface area contributed by atoms with Crippen molar-refractivity contribution in [1.29, 1.82) is 0 Å². The van der Waals surface area contributed by atoms with Crippen LogP contribution in [0.5, 0.6) is 0 Å². The lowest BCUT2D eigenvalue weighted by Crippen LogP contribution is -2.36. The molecular formula is C25H46O4. The van der Waals surface area contributed by atoms with Crippen LogP contribution in [0.1, 0.15) is 124 Å². The molecule has 0 aromatic rings. The van der Waals surface area contributed by atoms with Gasteiger partial charge >= 0.3 is 11.9 Å². The molecule has 4 nitrogen and oxygen atoms in total. The van der Waals surface area contributed by atoms with Crippen molar-refractivity contribution < 1.29 is 19.1 Å². The Labute approximate surface area is 179 Å². The average Bonchev–Trinajstić information content (AvgIpc) is 2.73. The molecule has 0 aliphatic heterocycles. The van der Waals surface area contributed by atoms with Crippen molar-refractivity contribution >= 4 is 11.9 Å². The van der Waals surface area contributed by atoms with E-state index in [1.54, 1.807) is 0 Å². The lowest BCUT2D eigenvalue weighted by atomic mass is 9.79. The standard InChI is InChI=1S/C25H46O4/c1-4-7-9-10-11-12-15-20-28-24(26)22-18-13-14-19-23(22)25(27)29-21(16-6-3)17-8-5-2/h21-23H,4-20H2,1-3H3. The van der Waals surface area contributed by atoms with Crippen molar-refractivity contribution in [2.75, 3.05) is 6.61 Å². The summed E-state index contributed by atoms with van der Waals surface area (Å²) in [6, 6.07) is 0. The van der Waals surface area contributed by atoms with Crippen molar-refractivity contribution in [2.24, 2.45) is 11.8 Å². The lowest BCUT2D eigenvalue weighted by molar-refractivity contribution is -0.166. The van der Waals surface area contributed by atoms with Crippen molar-refractivity contribution in [3.8, 4) is 0 Å². The minimum atomic E-state index is -0.314. The van der Waals surface area contributed by atoms with Crippen LogP contribution < -0.4 is 0 Å². The van der Waals surface area contributed by atoms with Crippen molar-refractivity contribution in [3.63, 3.8) is 0 Å². The van der Waals surface area contributed by atoms with Crippen LogP contribution in [0, 0.1) is 11.8 Å². The van der Waals surface area contributed by atoms with E-state index in [4.69, 9.17) is 9.47 Å². The Morgan fingerprint density at radius 2 is 1.31 bits per heavy atom. The Morgan fingerprint density at radius 3 is 1.93 bits per heavy atom. The minimum Gasteiger partial charge on any atom is -0.465 e. The molecule has 3 atom stereocenters. The summed E-state index contributed by atoms with van der Waals surface area (Å²) in [5.74, 6) is -0.976. The summed E-state index contributed by atoms with van der Waals surface area (Å²) in [7, 11) is 0. The Morgan fingerprint density at radius 1 is 0.724 bits per heavy atom. The monoisotopic (exact) mass is 410 g/mol. The molecule has 3 unspecified atom stereocenters. The summed E-state index contributed by atoms with van der Waals surface area (Å²) in [6.45, 7) is 6.99. The van der Waals surface area contributed by atoms with Crippen LogP contribution >= 0.6 is 0 Å². The number of hydrogen-bond acceptors (Lipinski definition) is 4. The number of hydrogen-bond donors (Lipinski definition) is 0. The fraction of sp³-hybridized carbons (Fsp3) is 0.920. The van der Waals surface area contributed by atoms with E-state index in [2.05, 4.69) is 20.8 Å². The first-order valence-electron chi connectivity index (χ1n) is 12.5. The van der Waals surface area contributed by atoms with E-state index in [9.17, 15) is 9.59 Å². The second kappa shape index (κ2) is 16.7. The highest BCUT2D eigenvalue weighted by atomic mass is 16.5. The van der Waals surface area contributed by atoms with Gasteiger partial charge in [-0.2, -0.15) is 0 Å². The van der Waals surface area contributed by atoms with Gasteiger partial charge in [-0.3, -0.25) is 9.59 Å². The average molecular weight is 411 g/mol. The SMILES string of the molecule is CCCCCCCCCOC(=O)C1CCCCC1C(=O)OC(CCC)CCCC. The van der Waals surface area contributed by atoms with Gasteiger partial charge in [0.15, 0.2) is 0 Å². The molecule has 1 fully saturated rings. The zero-order chi connectivity index (χ0) is 21.3. The molecule has 0 bridgehead atoms. The third kappa shape index (κ3) is 11.1. The van der Waals surface area contributed by atoms with Crippen LogP contribution in [0.2, 0.25) is 0 Å². The van der Waals surface area contributed by atoms with Crippen LogP contribution in [-0.2, 0) is 19.1 Å². The maximum atomic E-state index is 12.8. The molecule has 1 aliphatic carbocycles. The highest BCUT2D eigenvalue weighted by Gasteiger charge is 2.38. The summed E-state index contributed by atoms with van der Waals surface area (Å²) in [5, 5.41) is 0. The van der Waals surface area contributed by atoms with Crippen molar-refractivity contribution in [2.45, 2.75) is 130 Å². The summed E-state index contributed by atoms with van der Waals surface area (Å²) >= 11 is 0. The van der Waals surface area contributed by atoms with Gasteiger partial charge < -0.3 is 9.47 Å². The van der Waals surface area contributed by atoms with E-state index in [0.717, 1.165) is 70.6 Å². The number of carbonyl (C=O) groups excluding carboxylic acids is 2. The van der Waals surface area contributed by atoms with Gasteiger partial charge in [-0.1, -0.05) is 91.4 Å². The number of unbranched alkanes of at least 4 members (excludes halogenated alkanes) is 7. The molecule has 4 heteroatoms. The maximum absolute atomic E-state index is 12.8. The van der Waals surface area contributed by atoms with Gasteiger partial charge in [-0.05, 0) is 32.1 Å². The molecule has 0 amide bonds. The van der Waals surface area contributed by atoms with Crippen LogP contribution in [0.3, 0.4) is 0 Å². The number of esters is 2. The fourth-order valence-corrected chi connectivity index (χ4v) is 4.30. The predicted octanol–water partition coefficient (Wildman–Crippen LogP) is 6.99. The Hall–Kier alpha value is -1.06. The smallest absolute Gasteiger partial charge is 0.310 e. The van der Waals surface area contributed by atoms with Crippen molar-refractivity contribution in [3.05, 3.63) is 0 Å². The predicted molar refractivity (Wildman–Crippen MR) is 119 cm³/mol. The first-order valence-corrected chi connectivity index (χ1v) is 12.5. The van der Waals surface area contributed by atoms with Gasteiger partial charge in [-0.25, -0.2) is 0 Å². The molecule has 1 rings (SSSR count). The number of ether oxygens (including phenoxy) is 2. The zero-order valence-corrected chi connectivity index (χ0v) is 19.4. The first kappa shape index (κ1) is 26.0. The van der Waals surface area contributed by atoms with Gasteiger partial charge in [0.05, 0.1) is 18.4 Å². The van der Waals surface area contributed by atoms with Crippen LogP contribution in [0.15, 0.2) is 0 Å². The van der Waals surface area contributed by atoms with E-state index in [-0.39, 0.29) is 29.9 Å². The molecule has 0 spiro atoms. The third-order valence-corrected chi connectivity index (χ3v) is 6.14. The molecule has 1 aliphatic rings. The number of rotatable bonds is 16. The van der Waals surface area contributed by atoms with Gasteiger partial charge in [0.25, 0.3) is 0 Å². The molecule has 0 radical (unpaired) electrons. The molecule has 29 heavy (non-hydrogen) atoms. The van der Waals surface area contributed by atoms with E-state index in [1.165, 1.54) is 32.1 Å². The van der Waals surface area contributed by atoms with Gasteiger partial charge in [0.1, 0.15) is 6.10 Å². The summed E-state index contributed by atoms with van der Waals surface area (Å²) in [6.07, 6.45) is 16.9. The first-order chi connectivity index (χ1) is 14.1. The van der Waals surface area contributed by atoms with Crippen LogP contribution in [0.4, 0.5) is 0 Å². The minimum absolute atomic E-state index is 0.00115. The van der Waals surface area contributed by atoms with Crippen molar-refractivity contribution in [1.82, 2.24) is 0 Å². The molecule has 0 saturated heterocycles. The fourth-order valence-electron chi connectivity index (χ4n) is 4.30. The summed E-state index contributed by atoms with van der Waals surface area (Å²) < 4.78 is 11.4. The molecule has 0 heterocycles. The lowest BCUT2D eigenvalue weighted by Gasteiger charge is -2.30. The highest BCUT2D eigenvalue weighted by molar-refractivity contribution is 5.82. The zero-order valence-electron chi connectivity index (χ0n) is 19.4. The quantitative estimate of drug-likeness (QED) is 0.203. The molecule has 170 valence electrons. The maximum Gasteiger partial charge on any atom is 0.310 e. The second-order valence-electron chi connectivity index (χ2n) is 8.78. The second-order valence-corrected chi connectivity index (χ2v) is 8.78. The topological polar surface area (TPSA) is 52.6 Å². The van der Waals surface area contributed by atoms with Gasteiger partial charge in [-0.15, -0.1) is 0 Å². The Bertz CT molecular complexity index is 435. The Balaban J connectivity index is 2.41. The Kier molecular flexibility index (Phi) is 15.0. The van der Waals surface area contributed by atoms with Crippen LogP contribution in [-0.4, -0.2) is 24.6 Å². The largest absolute Gasteiger partial charge is 0.465 e. The summed E-state index contributed by atoms with van der Waals surface area (Å²) in [5.41, 5.74) is 0. The molecule has 0 N–H and O–H groups in total. The number of carbonyl (C=O) groups is 2. The molecule has 0 aromatic heterocycles.